The quantitative estimate of drug-likeness (QED) is 0.783. The smallest absolute Gasteiger partial charge is 0.152 e. The van der Waals surface area contributed by atoms with E-state index in [1.165, 1.54) is 12.8 Å². The molecule has 0 N–H and O–H groups in total. The lowest BCUT2D eigenvalue weighted by atomic mass is 10.1. The van der Waals surface area contributed by atoms with Crippen LogP contribution in [-0.4, -0.2) is 19.4 Å². The fourth-order valence-electron chi connectivity index (χ4n) is 2.77. The number of hydrogen-bond acceptors (Lipinski definition) is 3. The second-order valence-electron chi connectivity index (χ2n) is 5.28. The van der Waals surface area contributed by atoms with Crippen LogP contribution < -0.4 is 9.64 Å². The fourth-order valence-corrected chi connectivity index (χ4v) is 2.77. The highest BCUT2D eigenvalue weighted by molar-refractivity contribution is 5.87. The highest BCUT2D eigenvalue weighted by atomic mass is 16.5. The summed E-state index contributed by atoms with van der Waals surface area (Å²) in [4.78, 5) is 13.6. The standard InChI is InChI=1S/C18H19NO2/c20-13-16-9-6-10-17(18(16)19-11-4-5-12-19)21-14-15-7-2-1-3-8-15/h1-3,6-10,13H,4-5,11-12,14H2. The van der Waals surface area contributed by atoms with E-state index in [-0.39, 0.29) is 0 Å². The Kier molecular flexibility index (Phi) is 4.20. The molecule has 0 bridgehead atoms. The van der Waals surface area contributed by atoms with Crippen LogP contribution in [0.2, 0.25) is 0 Å². The molecular formula is C18H19NO2. The average molecular weight is 281 g/mol. The molecular weight excluding hydrogens is 262 g/mol. The van der Waals surface area contributed by atoms with Gasteiger partial charge in [0.05, 0.1) is 5.69 Å². The van der Waals surface area contributed by atoms with E-state index in [1.54, 1.807) is 0 Å². The molecule has 3 nitrogen and oxygen atoms in total. The van der Waals surface area contributed by atoms with Crippen molar-refractivity contribution in [3.63, 3.8) is 0 Å². The molecule has 0 amide bonds. The molecule has 3 rings (SSSR count). The van der Waals surface area contributed by atoms with Crippen molar-refractivity contribution < 1.29 is 9.53 Å². The van der Waals surface area contributed by atoms with Crippen molar-refractivity contribution in [2.45, 2.75) is 19.4 Å². The van der Waals surface area contributed by atoms with E-state index in [9.17, 15) is 4.79 Å². The molecule has 1 heterocycles. The van der Waals surface area contributed by atoms with Crippen molar-refractivity contribution in [1.82, 2.24) is 0 Å². The van der Waals surface area contributed by atoms with Crippen LogP contribution in [0.4, 0.5) is 5.69 Å². The third kappa shape index (κ3) is 3.07. The molecule has 0 atom stereocenters. The van der Waals surface area contributed by atoms with Gasteiger partial charge in [0.25, 0.3) is 0 Å². The zero-order chi connectivity index (χ0) is 14.5. The minimum absolute atomic E-state index is 0.518. The SMILES string of the molecule is O=Cc1cccc(OCc2ccccc2)c1N1CCCC1. The average Bonchev–Trinajstić information content (AvgIpc) is 3.07. The van der Waals surface area contributed by atoms with E-state index in [0.29, 0.717) is 12.2 Å². The summed E-state index contributed by atoms with van der Waals surface area (Å²) in [5.41, 5.74) is 2.78. The summed E-state index contributed by atoms with van der Waals surface area (Å²) in [5.74, 6) is 0.797. The van der Waals surface area contributed by atoms with Crippen LogP contribution >= 0.6 is 0 Å². The van der Waals surface area contributed by atoms with Crippen molar-refractivity contribution >= 4 is 12.0 Å². The largest absolute Gasteiger partial charge is 0.487 e. The molecule has 0 spiro atoms. The van der Waals surface area contributed by atoms with Gasteiger partial charge in [-0.15, -0.1) is 0 Å². The lowest BCUT2D eigenvalue weighted by Gasteiger charge is -2.23. The number of para-hydroxylation sites is 1. The van der Waals surface area contributed by atoms with Crippen LogP contribution in [0.5, 0.6) is 5.75 Å². The van der Waals surface area contributed by atoms with Crippen molar-refractivity contribution in [3.05, 3.63) is 59.7 Å². The maximum atomic E-state index is 11.3. The van der Waals surface area contributed by atoms with Crippen LogP contribution in [0.3, 0.4) is 0 Å². The van der Waals surface area contributed by atoms with Gasteiger partial charge in [-0.2, -0.15) is 0 Å². The molecule has 3 heteroatoms. The van der Waals surface area contributed by atoms with Crippen molar-refractivity contribution in [1.29, 1.82) is 0 Å². The minimum Gasteiger partial charge on any atom is -0.487 e. The van der Waals surface area contributed by atoms with E-state index in [0.717, 1.165) is 36.4 Å². The molecule has 0 aromatic heterocycles. The van der Waals surface area contributed by atoms with Crippen LogP contribution in [0.25, 0.3) is 0 Å². The number of aldehydes is 1. The van der Waals surface area contributed by atoms with Gasteiger partial charge in [0, 0.05) is 18.7 Å². The highest BCUT2D eigenvalue weighted by Crippen LogP contribution is 2.34. The topological polar surface area (TPSA) is 29.5 Å². The number of rotatable bonds is 5. The number of hydrogen-bond donors (Lipinski definition) is 0. The number of ether oxygens (including phenoxy) is 1. The predicted octanol–water partition coefficient (Wildman–Crippen LogP) is 3.68. The summed E-state index contributed by atoms with van der Waals surface area (Å²) in [5, 5.41) is 0. The Morgan fingerprint density at radius 2 is 1.76 bits per heavy atom. The molecule has 1 fully saturated rings. The predicted molar refractivity (Wildman–Crippen MR) is 84.1 cm³/mol. The summed E-state index contributed by atoms with van der Waals surface area (Å²) >= 11 is 0. The summed E-state index contributed by atoms with van der Waals surface area (Å²) in [6.07, 6.45) is 3.26. The van der Waals surface area contributed by atoms with E-state index in [4.69, 9.17) is 4.74 Å². The Labute approximate surface area is 125 Å². The molecule has 2 aromatic carbocycles. The number of nitrogens with zero attached hydrogens (tertiary/aromatic N) is 1. The fraction of sp³-hybridized carbons (Fsp3) is 0.278. The summed E-state index contributed by atoms with van der Waals surface area (Å²) in [6, 6.07) is 15.8. The van der Waals surface area contributed by atoms with Crippen LogP contribution in [0, 0.1) is 0 Å². The molecule has 1 aliphatic rings. The molecule has 0 aliphatic carbocycles. The van der Waals surface area contributed by atoms with Gasteiger partial charge in [-0.05, 0) is 30.5 Å². The Morgan fingerprint density at radius 1 is 1.00 bits per heavy atom. The maximum Gasteiger partial charge on any atom is 0.152 e. The van der Waals surface area contributed by atoms with Crippen LogP contribution in [-0.2, 0) is 6.61 Å². The van der Waals surface area contributed by atoms with E-state index < -0.39 is 0 Å². The Balaban J connectivity index is 1.85. The number of benzene rings is 2. The first kappa shape index (κ1) is 13.7. The first-order valence-electron chi connectivity index (χ1n) is 7.38. The highest BCUT2D eigenvalue weighted by Gasteiger charge is 2.20. The number of carbonyl (C=O) groups excluding carboxylic acids is 1. The zero-order valence-corrected chi connectivity index (χ0v) is 12.0. The molecule has 0 radical (unpaired) electrons. The van der Waals surface area contributed by atoms with Gasteiger partial charge in [-0.3, -0.25) is 4.79 Å². The first-order chi connectivity index (χ1) is 10.4. The van der Waals surface area contributed by atoms with Gasteiger partial charge in [0.1, 0.15) is 12.4 Å². The molecule has 0 saturated carbocycles. The third-order valence-corrected chi connectivity index (χ3v) is 3.82. The minimum atomic E-state index is 0.518. The Bertz CT molecular complexity index is 604. The molecule has 0 unspecified atom stereocenters. The number of carbonyl (C=O) groups is 1. The first-order valence-corrected chi connectivity index (χ1v) is 7.38. The van der Waals surface area contributed by atoms with Crippen molar-refractivity contribution in [2.75, 3.05) is 18.0 Å². The van der Waals surface area contributed by atoms with E-state index in [1.807, 2.05) is 48.5 Å². The summed E-state index contributed by atoms with van der Waals surface area (Å²) < 4.78 is 5.98. The Morgan fingerprint density at radius 3 is 2.48 bits per heavy atom. The normalized spacial score (nSPS) is 14.2. The van der Waals surface area contributed by atoms with Crippen molar-refractivity contribution in [3.8, 4) is 5.75 Å². The second-order valence-corrected chi connectivity index (χ2v) is 5.28. The van der Waals surface area contributed by atoms with Crippen molar-refractivity contribution in [2.24, 2.45) is 0 Å². The lowest BCUT2D eigenvalue weighted by molar-refractivity contribution is 0.112. The maximum absolute atomic E-state index is 11.3. The van der Waals surface area contributed by atoms with E-state index in [2.05, 4.69) is 4.90 Å². The molecule has 21 heavy (non-hydrogen) atoms. The lowest BCUT2D eigenvalue weighted by Crippen LogP contribution is -2.20. The van der Waals surface area contributed by atoms with Gasteiger partial charge >= 0.3 is 0 Å². The number of anilines is 1. The van der Waals surface area contributed by atoms with Gasteiger partial charge in [0.15, 0.2) is 6.29 Å². The summed E-state index contributed by atoms with van der Waals surface area (Å²) in [6.45, 7) is 2.50. The van der Waals surface area contributed by atoms with Gasteiger partial charge in [-0.1, -0.05) is 36.4 Å². The molecule has 2 aromatic rings. The van der Waals surface area contributed by atoms with Crippen LogP contribution in [0.15, 0.2) is 48.5 Å². The van der Waals surface area contributed by atoms with E-state index >= 15 is 0 Å². The third-order valence-electron chi connectivity index (χ3n) is 3.82. The summed E-state index contributed by atoms with van der Waals surface area (Å²) in [7, 11) is 0. The van der Waals surface area contributed by atoms with Gasteiger partial charge in [-0.25, -0.2) is 0 Å². The van der Waals surface area contributed by atoms with Gasteiger partial charge < -0.3 is 9.64 Å². The molecule has 108 valence electrons. The molecule has 1 aliphatic heterocycles. The monoisotopic (exact) mass is 281 g/mol. The molecule has 1 saturated heterocycles. The van der Waals surface area contributed by atoms with Crippen LogP contribution in [0.1, 0.15) is 28.8 Å². The Hall–Kier alpha value is -2.29. The second kappa shape index (κ2) is 6.44. The van der Waals surface area contributed by atoms with Gasteiger partial charge in [0.2, 0.25) is 0 Å². The zero-order valence-electron chi connectivity index (χ0n) is 12.0.